The second kappa shape index (κ2) is 13.0. The first-order chi connectivity index (χ1) is 25.2. The number of para-hydroxylation sites is 2. The van der Waals surface area contributed by atoms with Crippen LogP contribution in [0, 0.1) is 5.82 Å². The third-order valence-corrected chi connectivity index (χ3v) is 9.64. The Hall–Kier alpha value is -6.71. The van der Waals surface area contributed by atoms with Crippen LogP contribution in [0.5, 0.6) is 0 Å². The van der Waals surface area contributed by atoms with Gasteiger partial charge in [-0.25, -0.2) is 4.39 Å². The van der Waals surface area contributed by atoms with E-state index in [2.05, 4.69) is 167 Å². The van der Waals surface area contributed by atoms with Gasteiger partial charge in [0.15, 0.2) is 0 Å². The van der Waals surface area contributed by atoms with Crippen molar-refractivity contribution in [3.8, 4) is 39.1 Å². The second-order valence-electron chi connectivity index (χ2n) is 12.8. The number of fused-ring (bicyclic) bond motifs is 3. The lowest BCUT2D eigenvalue weighted by Gasteiger charge is -2.25. The maximum Gasteiger partial charge on any atom is 0.123 e. The van der Waals surface area contributed by atoms with Crippen LogP contribution in [0.4, 0.5) is 21.5 Å². The number of halogens is 1. The van der Waals surface area contributed by atoms with E-state index in [9.17, 15) is 4.39 Å². The maximum absolute atomic E-state index is 13.8. The van der Waals surface area contributed by atoms with Crippen LogP contribution in [0.15, 0.2) is 200 Å². The summed E-state index contributed by atoms with van der Waals surface area (Å²) in [6.45, 7) is 0. The van der Waals surface area contributed by atoms with Gasteiger partial charge in [-0.1, -0.05) is 109 Å². The smallest absolute Gasteiger partial charge is 0.123 e. The van der Waals surface area contributed by atoms with Crippen molar-refractivity contribution in [2.24, 2.45) is 0 Å². The molecular formula is C48H33FN2. The van der Waals surface area contributed by atoms with Gasteiger partial charge in [0.2, 0.25) is 0 Å². The molecule has 2 nitrogen and oxygen atoms in total. The van der Waals surface area contributed by atoms with Gasteiger partial charge in [0.05, 0.1) is 11.0 Å². The molecule has 0 aliphatic carbocycles. The highest BCUT2D eigenvalue weighted by atomic mass is 19.1. The summed E-state index contributed by atoms with van der Waals surface area (Å²) in [5.74, 6) is -0.250. The number of aromatic nitrogens is 1. The van der Waals surface area contributed by atoms with E-state index >= 15 is 0 Å². The summed E-state index contributed by atoms with van der Waals surface area (Å²) in [7, 11) is 0. The van der Waals surface area contributed by atoms with Gasteiger partial charge in [0.1, 0.15) is 5.82 Å². The van der Waals surface area contributed by atoms with Crippen LogP contribution < -0.4 is 4.90 Å². The SMILES string of the molecule is Fc1ccc(N(c2ccccc2)c2ccc(-c3cccc(-c4ccc5c(c4)c4cc(-c6ccccc6)ccc4n5-c4ccccc4)c3)cc2)cc1. The van der Waals surface area contributed by atoms with Crippen LogP contribution in [0.3, 0.4) is 0 Å². The molecule has 0 bridgehead atoms. The molecule has 0 spiro atoms. The van der Waals surface area contributed by atoms with E-state index in [0.717, 1.165) is 39.4 Å². The summed E-state index contributed by atoms with van der Waals surface area (Å²) in [5, 5.41) is 2.45. The van der Waals surface area contributed by atoms with Crippen LogP contribution in [-0.4, -0.2) is 4.57 Å². The van der Waals surface area contributed by atoms with Crippen LogP contribution in [0.2, 0.25) is 0 Å². The molecule has 242 valence electrons. The third kappa shape index (κ3) is 5.75. The van der Waals surface area contributed by atoms with Crippen molar-refractivity contribution in [1.82, 2.24) is 4.57 Å². The third-order valence-electron chi connectivity index (χ3n) is 9.64. The fourth-order valence-electron chi connectivity index (χ4n) is 7.16. The minimum absolute atomic E-state index is 0.250. The number of nitrogens with zero attached hydrogens (tertiary/aromatic N) is 2. The molecule has 0 N–H and O–H groups in total. The number of hydrogen-bond donors (Lipinski definition) is 0. The summed E-state index contributed by atoms with van der Waals surface area (Å²) in [6.07, 6.45) is 0. The van der Waals surface area contributed by atoms with Crippen molar-refractivity contribution in [2.75, 3.05) is 4.90 Å². The van der Waals surface area contributed by atoms with Crippen molar-refractivity contribution in [3.63, 3.8) is 0 Å². The van der Waals surface area contributed by atoms with Gasteiger partial charge in [-0.15, -0.1) is 0 Å². The molecule has 0 fully saturated rings. The molecule has 0 amide bonds. The quantitative estimate of drug-likeness (QED) is 0.166. The lowest BCUT2D eigenvalue weighted by molar-refractivity contribution is 0.628. The molecule has 0 atom stereocenters. The first kappa shape index (κ1) is 30.4. The summed E-state index contributed by atoms with van der Waals surface area (Å²) in [4.78, 5) is 2.14. The van der Waals surface area contributed by atoms with Crippen molar-refractivity contribution < 1.29 is 4.39 Å². The van der Waals surface area contributed by atoms with Gasteiger partial charge in [0, 0.05) is 33.5 Å². The van der Waals surface area contributed by atoms with E-state index in [4.69, 9.17) is 0 Å². The maximum atomic E-state index is 13.8. The minimum atomic E-state index is -0.250. The van der Waals surface area contributed by atoms with Crippen molar-refractivity contribution >= 4 is 38.9 Å². The molecule has 0 radical (unpaired) electrons. The molecule has 9 aromatic rings. The molecule has 9 rings (SSSR count). The topological polar surface area (TPSA) is 8.17 Å². The molecule has 3 heteroatoms. The molecule has 0 aliphatic heterocycles. The van der Waals surface area contributed by atoms with Gasteiger partial charge in [-0.05, 0) is 124 Å². The Labute approximate surface area is 296 Å². The first-order valence-corrected chi connectivity index (χ1v) is 17.2. The predicted octanol–water partition coefficient (Wildman–Crippen LogP) is 13.4. The average Bonchev–Trinajstić information content (AvgIpc) is 3.53. The molecule has 1 heterocycles. The molecule has 0 unspecified atom stereocenters. The lowest BCUT2D eigenvalue weighted by Crippen LogP contribution is -2.09. The molecule has 0 saturated heterocycles. The zero-order valence-corrected chi connectivity index (χ0v) is 27.8. The zero-order chi connectivity index (χ0) is 34.1. The summed E-state index contributed by atoms with van der Waals surface area (Å²) in [5.41, 5.74) is 13.4. The Morgan fingerprint density at radius 3 is 1.35 bits per heavy atom. The Morgan fingerprint density at radius 1 is 0.333 bits per heavy atom. The predicted molar refractivity (Wildman–Crippen MR) is 212 cm³/mol. The van der Waals surface area contributed by atoms with E-state index in [0.29, 0.717) is 0 Å². The van der Waals surface area contributed by atoms with Crippen LogP contribution in [-0.2, 0) is 0 Å². The van der Waals surface area contributed by atoms with Gasteiger partial charge >= 0.3 is 0 Å². The van der Waals surface area contributed by atoms with Gasteiger partial charge in [-0.3, -0.25) is 0 Å². The van der Waals surface area contributed by atoms with Crippen molar-refractivity contribution in [1.29, 1.82) is 0 Å². The van der Waals surface area contributed by atoms with Crippen LogP contribution >= 0.6 is 0 Å². The highest BCUT2D eigenvalue weighted by Crippen LogP contribution is 2.39. The number of rotatable bonds is 7. The largest absolute Gasteiger partial charge is 0.311 e. The van der Waals surface area contributed by atoms with Crippen LogP contribution in [0.1, 0.15) is 0 Å². The standard InChI is InChI=1S/C48H33FN2/c49-40-23-27-44(28-24-40)50(41-15-6-2-7-16-41)43-25-19-35(20-26-43)36-13-10-14-37(31-36)39-22-30-48-46(33-39)45-32-38(34-11-4-1-5-12-34)21-29-47(45)51(48)42-17-8-3-9-18-42/h1-33H. The Morgan fingerprint density at radius 2 is 0.745 bits per heavy atom. The van der Waals surface area contributed by atoms with Crippen LogP contribution in [0.25, 0.3) is 60.9 Å². The lowest BCUT2D eigenvalue weighted by atomic mass is 9.97. The first-order valence-electron chi connectivity index (χ1n) is 17.2. The van der Waals surface area contributed by atoms with Crippen molar-refractivity contribution in [3.05, 3.63) is 206 Å². The summed E-state index contributed by atoms with van der Waals surface area (Å²) >= 11 is 0. The van der Waals surface area contributed by atoms with E-state index < -0.39 is 0 Å². The Bertz CT molecular complexity index is 2610. The molecule has 0 aliphatic rings. The monoisotopic (exact) mass is 656 g/mol. The highest BCUT2D eigenvalue weighted by molar-refractivity contribution is 6.11. The molecule has 1 aromatic heterocycles. The summed E-state index contributed by atoms with van der Waals surface area (Å²) < 4.78 is 16.2. The number of benzene rings is 8. The zero-order valence-electron chi connectivity index (χ0n) is 27.8. The van der Waals surface area contributed by atoms with E-state index in [1.165, 1.54) is 50.6 Å². The number of anilines is 3. The number of hydrogen-bond acceptors (Lipinski definition) is 1. The fraction of sp³-hybridized carbons (Fsp3) is 0. The normalized spacial score (nSPS) is 11.2. The Kier molecular flexibility index (Phi) is 7.71. The van der Waals surface area contributed by atoms with Gasteiger partial charge in [0.25, 0.3) is 0 Å². The molecule has 51 heavy (non-hydrogen) atoms. The average molecular weight is 657 g/mol. The fourth-order valence-corrected chi connectivity index (χ4v) is 7.16. The molecular weight excluding hydrogens is 624 g/mol. The van der Waals surface area contributed by atoms with Crippen molar-refractivity contribution in [2.45, 2.75) is 0 Å². The molecule has 0 saturated carbocycles. The van der Waals surface area contributed by atoms with E-state index in [-0.39, 0.29) is 5.82 Å². The van der Waals surface area contributed by atoms with Gasteiger partial charge < -0.3 is 9.47 Å². The van der Waals surface area contributed by atoms with E-state index in [1.807, 2.05) is 30.3 Å². The molecule has 8 aromatic carbocycles. The summed E-state index contributed by atoms with van der Waals surface area (Å²) in [6, 6.07) is 69.0. The minimum Gasteiger partial charge on any atom is -0.311 e. The highest BCUT2D eigenvalue weighted by Gasteiger charge is 2.16. The van der Waals surface area contributed by atoms with Gasteiger partial charge in [-0.2, -0.15) is 0 Å². The Balaban J connectivity index is 1.11. The second-order valence-corrected chi connectivity index (χ2v) is 12.8. The van der Waals surface area contributed by atoms with E-state index in [1.54, 1.807) is 0 Å².